The lowest BCUT2D eigenvalue weighted by Crippen LogP contribution is -2.38. The van der Waals surface area contributed by atoms with Crippen LogP contribution in [0.2, 0.25) is 0 Å². The molecular formula is C22H25NO. The summed E-state index contributed by atoms with van der Waals surface area (Å²) >= 11 is 0. The summed E-state index contributed by atoms with van der Waals surface area (Å²) in [6.45, 7) is 0. The Bertz CT molecular complexity index is 709. The van der Waals surface area contributed by atoms with E-state index >= 15 is 0 Å². The average Bonchev–Trinajstić information content (AvgIpc) is 3.24. The quantitative estimate of drug-likeness (QED) is 0.870. The molecule has 2 aliphatic rings. The van der Waals surface area contributed by atoms with Gasteiger partial charge in [-0.2, -0.15) is 0 Å². The van der Waals surface area contributed by atoms with Crippen LogP contribution in [0.25, 0.3) is 0 Å². The lowest BCUT2D eigenvalue weighted by molar-refractivity contribution is 0.0922. The predicted molar refractivity (Wildman–Crippen MR) is 97.0 cm³/mol. The van der Waals surface area contributed by atoms with E-state index < -0.39 is 0 Å². The maximum atomic E-state index is 12.8. The Kier molecular flexibility index (Phi) is 4.38. The number of carbonyl (C=O) groups is 1. The first-order chi connectivity index (χ1) is 11.8. The Morgan fingerprint density at radius 1 is 0.917 bits per heavy atom. The van der Waals surface area contributed by atoms with E-state index in [2.05, 4.69) is 35.6 Å². The second-order valence-corrected chi connectivity index (χ2v) is 7.40. The van der Waals surface area contributed by atoms with E-state index in [0.29, 0.717) is 6.04 Å². The van der Waals surface area contributed by atoms with Crippen LogP contribution in [0.4, 0.5) is 0 Å². The minimum absolute atomic E-state index is 0.121. The molecule has 2 nitrogen and oxygen atoms in total. The molecule has 2 heteroatoms. The van der Waals surface area contributed by atoms with Crippen molar-refractivity contribution >= 4 is 5.91 Å². The van der Waals surface area contributed by atoms with Gasteiger partial charge in [0, 0.05) is 11.6 Å². The van der Waals surface area contributed by atoms with Crippen molar-refractivity contribution < 1.29 is 4.79 Å². The van der Waals surface area contributed by atoms with Crippen LogP contribution >= 0.6 is 0 Å². The van der Waals surface area contributed by atoms with Gasteiger partial charge in [0.1, 0.15) is 0 Å². The lowest BCUT2D eigenvalue weighted by Gasteiger charge is -2.23. The van der Waals surface area contributed by atoms with Gasteiger partial charge in [0.15, 0.2) is 0 Å². The highest BCUT2D eigenvalue weighted by molar-refractivity contribution is 5.95. The van der Waals surface area contributed by atoms with Crippen molar-refractivity contribution in [3.63, 3.8) is 0 Å². The zero-order chi connectivity index (χ0) is 16.4. The van der Waals surface area contributed by atoms with Gasteiger partial charge >= 0.3 is 0 Å². The molecule has 2 aromatic rings. The fourth-order valence-electron chi connectivity index (χ4n) is 4.55. The molecule has 0 aliphatic heterocycles. The molecule has 2 saturated carbocycles. The highest BCUT2D eigenvalue weighted by atomic mass is 16.1. The molecule has 0 heterocycles. The fraction of sp³-hybridized carbons (Fsp3) is 0.409. The van der Waals surface area contributed by atoms with Gasteiger partial charge in [-0.1, -0.05) is 55.0 Å². The Hall–Kier alpha value is -2.09. The van der Waals surface area contributed by atoms with E-state index in [4.69, 9.17) is 0 Å². The monoisotopic (exact) mass is 319 g/mol. The number of aryl methyl sites for hydroxylation is 2. The molecule has 0 saturated heterocycles. The van der Waals surface area contributed by atoms with Crippen LogP contribution < -0.4 is 5.32 Å². The number of hydrogen-bond donors (Lipinski definition) is 1. The Morgan fingerprint density at radius 2 is 1.71 bits per heavy atom. The Morgan fingerprint density at radius 3 is 2.46 bits per heavy atom. The summed E-state index contributed by atoms with van der Waals surface area (Å²) in [6, 6.07) is 19.0. The maximum Gasteiger partial charge on any atom is 0.251 e. The van der Waals surface area contributed by atoms with E-state index in [0.717, 1.165) is 35.8 Å². The third kappa shape index (κ3) is 3.24. The molecule has 0 aromatic heterocycles. The molecule has 0 radical (unpaired) electrons. The smallest absolute Gasteiger partial charge is 0.251 e. The highest BCUT2D eigenvalue weighted by Gasteiger charge is 2.40. The van der Waals surface area contributed by atoms with E-state index in [9.17, 15) is 4.79 Å². The minimum Gasteiger partial charge on any atom is -0.349 e. The van der Waals surface area contributed by atoms with Crippen LogP contribution in [-0.4, -0.2) is 11.9 Å². The first kappa shape index (κ1) is 15.4. The van der Waals surface area contributed by atoms with Crippen molar-refractivity contribution in [3.05, 3.63) is 71.3 Å². The molecule has 2 aliphatic carbocycles. The minimum atomic E-state index is 0.121. The molecule has 2 bridgehead atoms. The molecule has 2 fully saturated rings. The Labute approximate surface area is 144 Å². The SMILES string of the molecule is O=C(N[C@H]1C[C@H]2CC[C@@H]1C2)c1ccccc1CCc1ccccc1. The molecule has 4 rings (SSSR count). The summed E-state index contributed by atoms with van der Waals surface area (Å²) in [6.07, 6.45) is 7.04. The highest BCUT2D eigenvalue weighted by Crippen LogP contribution is 2.44. The van der Waals surface area contributed by atoms with Crippen molar-refractivity contribution in [3.8, 4) is 0 Å². The number of rotatable bonds is 5. The number of nitrogens with one attached hydrogen (secondary N) is 1. The van der Waals surface area contributed by atoms with Gasteiger partial charge in [0.2, 0.25) is 0 Å². The van der Waals surface area contributed by atoms with E-state index in [1.807, 2.05) is 24.3 Å². The van der Waals surface area contributed by atoms with Gasteiger partial charge in [-0.25, -0.2) is 0 Å². The third-order valence-electron chi connectivity index (χ3n) is 5.84. The van der Waals surface area contributed by atoms with Crippen molar-refractivity contribution in [2.45, 2.75) is 44.6 Å². The fourth-order valence-corrected chi connectivity index (χ4v) is 4.55. The van der Waals surface area contributed by atoms with Gasteiger partial charge in [0.05, 0.1) is 0 Å². The molecule has 2 aromatic carbocycles. The number of amides is 1. The zero-order valence-corrected chi connectivity index (χ0v) is 14.1. The van der Waals surface area contributed by atoms with Gasteiger partial charge in [-0.15, -0.1) is 0 Å². The number of benzene rings is 2. The second kappa shape index (κ2) is 6.80. The third-order valence-corrected chi connectivity index (χ3v) is 5.84. The largest absolute Gasteiger partial charge is 0.349 e. The number of hydrogen-bond acceptors (Lipinski definition) is 1. The van der Waals surface area contributed by atoms with Crippen molar-refractivity contribution in [1.82, 2.24) is 5.32 Å². The van der Waals surface area contributed by atoms with Gasteiger partial charge in [-0.3, -0.25) is 4.79 Å². The van der Waals surface area contributed by atoms with Gasteiger partial charge < -0.3 is 5.32 Å². The normalized spacial score (nSPS) is 24.9. The summed E-state index contributed by atoms with van der Waals surface area (Å²) in [5.74, 6) is 1.69. The topological polar surface area (TPSA) is 29.1 Å². The van der Waals surface area contributed by atoms with Gasteiger partial charge in [-0.05, 0) is 61.1 Å². The van der Waals surface area contributed by atoms with Crippen molar-refractivity contribution in [1.29, 1.82) is 0 Å². The molecule has 124 valence electrons. The van der Waals surface area contributed by atoms with Crippen LogP contribution in [0.5, 0.6) is 0 Å². The Balaban J connectivity index is 1.44. The molecular weight excluding hydrogens is 294 g/mol. The summed E-state index contributed by atoms with van der Waals surface area (Å²) in [4.78, 5) is 12.8. The standard InChI is InChI=1S/C22H25NO/c24-22(23-21-15-17-11-13-19(21)14-17)20-9-5-4-8-18(20)12-10-16-6-2-1-3-7-16/h1-9,17,19,21H,10-15H2,(H,23,24)/t17-,19+,21-/m0/s1. The number of fused-ring (bicyclic) bond motifs is 2. The zero-order valence-electron chi connectivity index (χ0n) is 14.1. The summed E-state index contributed by atoms with van der Waals surface area (Å²) in [7, 11) is 0. The maximum absolute atomic E-state index is 12.8. The van der Waals surface area contributed by atoms with Crippen LogP contribution in [0.15, 0.2) is 54.6 Å². The first-order valence-corrected chi connectivity index (χ1v) is 9.22. The van der Waals surface area contributed by atoms with Crippen LogP contribution in [0, 0.1) is 11.8 Å². The first-order valence-electron chi connectivity index (χ1n) is 9.22. The average molecular weight is 319 g/mol. The summed E-state index contributed by atoms with van der Waals surface area (Å²) in [5, 5.41) is 3.33. The number of carbonyl (C=O) groups excluding carboxylic acids is 1. The second-order valence-electron chi connectivity index (χ2n) is 7.40. The molecule has 0 spiro atoms. The summed E-state index contributed by atoms with van der Waals surface area (Å²) < 4.78 is 0. The predicted octanol–water partition coefficient (Wildman–Crippen LogP) is 4.39. The van der Waals surface area contributed by atoms with Crippen LogP contribution in [0.3, 0.4) is 0 Å². The van der Waals surface area contributed by atoms with E-state index in [-0.39, 0.29) is 5.91 Å². The molecule has 1 N–H and O–H groups in total. The van der Waals surface area contributed by atoms with Crippen LogP contribution in [-0.2, 0) is 12.8 Å². The molecule has 3 atom stereocenters. The molecule has 0 unspecified atom stereocenters. The molecule has 24 heavy (non-hydrogen) atoms. The van der Waals surface area contributed by atoms with E-state index in [1.165, 1.54) is 31.2 Å². The lowest BCUT2D eigenvalue weighted by atomic mass is 9.94. The van der Waals surface area contributed by atoms with E-state index in [1.54, 1.807) is 0 Å². The van der Waals surface area contributed by atoms with Crippen molar-refractivity contribution in [2.75, 3.05) is 0 Å². The van der Waals surface area contributed by atoms with Gasteiger partial charge in [0.25, 0.3) is 5.91 Å². The summed E-state index contributed by atoms with van der Waals surface area (Å²) in [5.41, 5.74) is 3.33. The van der Waals surface area contributed by atoms with Crippen LogP contribution in [0.1, 0.15) is 47.2 Å². The van der Waals surface area contributed by atoms with Crippen molar-refractivity contribution in [2.24, 2.45) is 11.8 Å². The molecule has 1 amide bonds.